The minimum absolute atomic E-state index is 0.859. The first-order valence-corrected chi connectivity index (χ1v) is 10.3. The van der Waals surface area contributed by atoms with E-state index < -0.39 is 0 Å². The molecule has 0 aliphatic heterocycles. The van der Waals surface area contributed by atoms with Gasteiger partial charge in [0.25, 0.3) is 0 Å². The Morgan fingerprint density at radius 1 is 0.433 bits per heavy atom. The molecule has 0 spiro atoms. The Bertz CT molecular complexity index is 1220. The highest BCUT2D eigenvalue weighted by molar-refractivity contribution is 5.95. The van der Waals surface area contributed by atoms with E-state index in [0.29, 0.717) is 0 Å². The maximum Gasteiger partial charge on any atom is 0.0542 e. The smallest absolute Gasteiger partial charge is 0.0542 e. The van der Waals surface area contributed by atoms with Crippen molar-refractivity contribution in [1.82, 2.24) is 4.98 Å². The standard InChI is InChI=1S/C29H23N/c1-5-13-22(14-6-1)21-26-27(23-15-7-2-8-16-23)28(24-17-9-3-10-18-24)29(30-26)25-19-11-4-12-20-25/h1-20,30H,21H2. The fraction of sp³-hybridized carbons (Fsp3) is 0.0345. The molecule has 144 valence electrons. The van der Waals surface area contributed by atoms with Gasteiger partial charge in [0, 0.05) is 23.2 Å². The molecule has 5 rings (SSSR count). The van der Waals surface area contributed by atoms with Gasteiger partial charge in [0.1, 0.15) is 0 Å². The van der Waals surface area contributed by atoms with Gasteiger partial charge in [0.05, 0.1) is 5.69 Å². The third-order valence-electron chi connectivity index (χ3n) is 5.49. The van der Waals surface area contributed by atoms with E-state index >= 15 is 0 Å². The lowest BCUT2D eigenvalue weighted by Gasteiger charge is -2.10. The molecule has 0 unspecified atom stereocenters. The number of nitrogens with one attached hydrogen (secondary N) is 1. The second kappa shape index (κ2) is 8.26. The summed E-state index contributed by atoms with van der Waals surface area (Å²) in [6.45, 7) is 0. The summed E-state index contributed by atoms with van der Waals surface area (Å²) in [6, 6.07) is 42.7. The van der Waals surface area contributed by atoms with Gasteiger partial charge < -0.3 is 4.98 Å². The number of aromatic nitrogens is 1. The van der Waals surface area contributed by atoms with Gasteiger partial charge in [-0.25, -0.2) is 0 Å². The Morgan fingerprint density at radius 2 is 0.867 bits per heavy atom. The van der Waals surface area contributed by atoms with Crippen LogP contribution in [-0.2, 0) is 6.42 Å². The summed E-state index contributed by atoms with van der Waals surface area (Å²) >= 11 is 0. The van der Waals surface area contributed by atoms with Gasteiger partial charge >= 0.3 is 0 Å². The highest BCUT2D eigenvalue weighted by Crippen LogP contribution is 2.43. The molecule has 1 heterocycles. The normalized spacial score (nSPS) is 10.8. The zero-order chi connectivity index (χ0) is 20.2. The molecule has 0 aliphatic rings. The zero-order valence-corrected chi connectivity index (χ0v) is 16.8. The van der Waals surface area contributed by atoms with Crippen LogP contribution in [0.4, 0.5) is 0 Å². The molecule has 1 N–H and O–H groups in total. The second-order valence-electron chi connectivity index (χ2n) is 7.49. The van der Waals surface area contributed by atoms with Crippen LogP contribution in [0.15, 0.2) is 121 Å². The quantitative estimate of drug-likeness (QED) is 0.320. The molecule has 0 bridgehead atoms. The van der Waals surface area contributed by atoms with E-state index in [1.54, 1.807) is 0 Å². The molecule has 4 aromatic carbocycles. The average Bonchev–Trinajstić information content (AvgIpc) is 3.20. The first-order chi connectivity index (χ1) is 14.9. The number of rotatable bonds is 5. The van der Waals surface area contributed by atoms with E-state index in [0.717, 1.165) is 6.42 Å². The Hall–Kier alpha value is -3.84. The lowest BCUT2D eigenvalue weighted by atomic mass is 9.92. The first kappa shape index (κ1) is 18.2. The van der Waals surface area contributed by atoms with Crippen LogP contribution in [0.3, 0.4) is 0 Å². The van der Waals surface area contributed by atoms with E-state index in [1.807, 2.05) is 0 Å². The van der Waals surface area contributed by atoms with E-state index in [2.05, 4.69) is 126 Å². The summed E-state index contributed by atoms with van der Waals surface area (Å²) in [5, 5.41) is 0. The maximum atomic E-state index is 3.81. The molecule has 0 amide bonds. The maximum absolute atomic E-state index is 3.81. The first-order valence-electron chi connectivity index (χ1n) is 10.3. The molecule has 0 atom stereocenters. The van der Waals surface area contributed by atoms with Gasteiger partial charge in [-0.2, -0.15) is 0 Å². The second-order valence-corrected chi connectivity index (χ2v) is 7.49. The highest BCUT2D eigenvalue weighted by atomic mass is 14.7. The van der Waals surface area contributed by atoms with Crippen molar-refractivity contribution in [3.8, 4) is 33.5 Å². The lowest BCUT2D eigenvalue weighted by molar-refractivity contribution is 1.11. The molecule has 1 nitrogen and oxygen atoms in total. The predicted molar refractivity (Wildman–Crippen MR) is 126 cm³/mol. The van der Waals surface area contributed by atoms with Gasteiger partial charge in [0.2, 0.25) is 0 Å². The monoisotopic (exact) mass is 385 g/mol. The van der Waals surface area contributed by atoms with Crippen LogP contribution >= 0.6 is 0 Å². The third-order valence-corrected chi connectivity index (χ3v) is 5.49. The van der Waals surface area contributed by atoms with Gasteiger partial charge in [-0.05, 0) is 22.3 Å². The minimum Gasteiger partial charge on any atom is -0.357 e. The third kappa shape index (κ3) is 3.58. The van der Waals surface area contributed by atoms with Gasteiger partial charge in [0.15, 0.2) is 0 Å². The molecule has 0 radical (unpaired) electrons. The van der Waals surface area contributed by atoms with Crippen LogP contribution in [0.25, 0.3) is 33.5 Å². The molecule has 0 fully saturated rings. The number of benzene rings is 4. The molecular weight excluding hydrogens is 362 g/mol. The number of H-pyrrole nitrogens is 1. The summed E-state index contributed by atoms with van der Waals surface area (Å²) in [5.41, 5.74) is 9.93. The van der Waals surface area contributed by atoms with Crippen LogP contribution in [0.2, 0.25) is 0 Å². The molecule has 1 aromatic heterocycles. The van der Waals surface area contributed by atoms with E-state index in [1.165, 1.54) is 44.8 Å². The Labute approximate surface area is 177 Å². The fourth-order valence-corrected chi connectivity index (χ4v) is 4.12. The highest BCUT2D eigenvalue weighted by Gasteiger charge is 2.21. The zero-order valence-electron chi connectivity index (χ0n) is 16.8. The van der Waals surface area contributed by atoms with Gasteiger partial charge in [-0.3, -0.25) is 0 Å². The van der Waals surface area contributed by atoms with Crippen molar-refractivity contribution in [1.29, 1.82) is 0 Å². The number of hydrogen-bond acceptors (Lipinski definition) is 0. The fourth-order valence-electron chi connectivity index (χ4n) is 4.12. The van der Waals surface area contributed by atoms with Crippen molar-refractivity contribution < 1.29 is 0 Å². The van der Waals surface area contributed by atoms with Crippen molar-refractivity contribution in [2.45, 2.75) is 6.42 Å². The van der Waals surface area contributed by atoms with Crippen molar-refractivity contribution in [2.24, 2.45) is 0 Å². The molecule has 0 saturated heterocycles. The summed E-state index contributed by atoms with van der Waals surface area (Å²) in [6.07, 6.45) is 0.859. The van der Waals surface area contributed by atoms with Crippen molar-refractivity contribution in [3.05, 3.63) is 133 Å². The average molecular weight is 386 g/mol. The van der Waals surface area contributed by atoms with E-state index in [-0.39, 0.29) is 0 Å². The van der Waals surface area contributed by atoms with Crippen LogP contribution in [-0.4, -0.2) is 4.98 Å². The van der Waals surface area contributed by atoms with Crippen molar-refractivity contribution in [2.75, 3.05) is 0 Å². The summed E-state index contributed by atoms with van der Waals surface area (Å²) in [4.78, 5) is 3.81. The van der Waals surface area contributed by atoms with Crippen LogP contribution < -0.4 is 0 Å². The predicted octanol–water partition coefficient (Wildman–Crippen LogP) is 7.61. The SMILES string of the molecule is c1ccc(Cc2[nH]c(-c3ccccc3)c(-c3ccccc3)c2-c2ccccc2)cc1. The summed E-state index contributed by atoms with van der Waals surface area (Å²) < 4.78 is 0. The Morgan fingerprint density at radius 3 is 1.40 bits per heavy atom. The molecule has 0 saturated carbocycles. The van der Waals surface area contributed by atoms with Crippen molar-refractivity contribution >= 4 is 0 Å². The molecule has 30 heavy (non-hydrogen) atoms. The van der Waals surface area contributed by atoms with Crippen LogP contribution in [0, 0.1) is 0 Å². The van der Waals surface area contributed by atoms with Crippen molar-refractivity contribution in [3.63, 3.8) is 0 Å². The lowest BCUT2D eigenvalue weighted by Crippen LogP contribution is -1.91. The molecular formula is C29H23N. The summed E-state index contributed by atoms with van der Waals surface area (Å²) in [5.74, 6) is 0. The molecule has 1 heteroatoms. The van der Waals surface area contributed by atoms with Gasteiger partial charge in [-0.1, -0.05) is 121 Å². The van der Waals surface area contributed by atoms with E-state index in [4.69, 9.17) is 0 Å². The number of aromatic amines is 1. The Kier molecular flexibility index (Phi) is 5.01. The topological polar surface area (TPSA) is 15.8 Å². The summed E-state index contributed by atoms with van der Waals surface area (Å²) in [7, 11) is 0. The molecule has 5 aromatic rings. The van der Waals surface area contributed by atoms with Gasteiger partial charge in [-0.15, -0.1) is 0 Å². The number of hydrogen-bond donors (Lipinski definition) is 1. The largest absolute Gasteiger partial charge is 0.357 e. The van der Waals surface area contributed by atoms with Crippen LogP contribution in [0.1, 0.15) is 11.3 Å². The Balaban J connectivity index is 1.79. The van der Waals surface area contributed by atoms with Crippen LogP contribution in [0.5, 0.6) is 0 Å². The van der Waals surface area contributed by atoms with E-state index in [9.17, 15) is 0 Å². The minimum atomic E-state index is 0.859. The molecule has 0 aliphatic carbocycles.